The molecule has 3 aromatic rings. The van der Waals surface area contributed by atoms with Gasteiger partial charge in [-0.1, -0.05) is 11.6 Å². The van der Waals surface area contributed by atoms with E-state index in [1.807, 2.05) is 0 Å². The summed E-state index contributed by atoms with van der Waals surface area (Å²) in [6.07, 6.45) is 4.09. The second kappa shape index (κ2) is 11.7. The number of likely N-dealkylation sites (tertiary alicyclic amines) is 1. The zero-order chi connectivity index (χ0) is 30.2. The van der Waals surface area contributed by atoms with Crippen LogP contribution >= 0.6 is 11.6 Å². The van der Waals surface area contributed by atoms with E-state index in [4.69, 9.17) is 16.3 Å². The first-order valence-electron chi connectivity index (χ1n) is 14.2. The molecule has 224 valence electrons. The van der Waals surface area contributed by atoms with Crippen LogP contribution < -0.4 is 15.5 Å². The highest BCUT2D eigenvalue weighted by Crippen LogP contribution is 2.38. The van der Waals surface area contributed by atoms with Crippen molar-refractivity contribution in [3.63, 3.8) is 0 Å². The Labute approximate surface area is 253 Å². The normalized spacial score (nSPS) is 21.0. The summed E-state index contributed by atoms with van der Waals surface area (Å²) in [7, 11) is 3.22. The molecule has 14 nitrogen and oxygen atoms in total. The van der Waals surface area contributed by atoms with Crippen LogP contribution in [0, 0.1) is 22.7 Å². The molecule has 2 saturated heterocycles. The van der Waals surface area contributed by atoms with Gasteiger partial charge in [0.15, 0.2) is 17.2 Å². The molecular formula is C28H32ClN11O3. The highest BCUT2D eigenvalue weighted by Gasteiger charge is 2.41. The quantitative estimate of drug-likeness (QED) is 0.343. The summed E-state index contributed by atoms with van der Waals surface area (Å²) in [5.41, 5.74) is 2.39. The van der Waals surface area contributed by atoms with E-state index in [9.17, 15) is 20.4 Å². The first kappa shape index (κ1) is 28.7. The van der Waals surface area contributed by atoms with E-state index in [2.05, 4.69) is 47.6 Å². The zero-order valence-corrected chi connectivity index (χ0v) is 24.6. The lowest BCUT2D eigenvalue weighted by Gasteiger charge is -2.38. The fraction of sp³-hybridized carbons (Fsp3) is 0.500. The molecule has 0 radical (unpaired) electrons. The predicted molar refractivity (Wildman–Crippen MR) is 159 cm³/mol. The number of nitrogens with zero attached hydrogens (tertiary/aromatic N) is 9. The first-order chi connectivity index (χ1) is 20.8. The highest BCUT2D eigenvalue weighted by atomic mass is 35.5. The second-order valence-electron chi connectivity index (χ2n) is 11.2. The number of halogens is 1. The van der Waals surface area contributed by atoms with E-state index < -0.39 is 6.09 Å². The Kier molecular flexibility index (Phi) is 7.83. The molecule has 0 unspecified atom stereocenters. The third kappa shape index (κ3) is 5.69. The predicted octanol–water partition coefficient (Wildman–Crippen LogP) is 3.12. The molecule has 15 heteroatoms. The number of piperidine rings is 1. The maximum Gasteiger partial charge on any atom is 0.407 e. The number of nitriles is 2. The molecule has 1 aromatic carbocycles. The third-order valence-corrected chi connectivity index (χ3v) is 8.91. The SMILES string of the molecule is CO[C@@H]1CN(C2CCN(c3cc(C#N)cc(Nc4nc(NC5CC5)c5ncc(C#N)n5n4)c3Cl)CC2)C[C@@H]1N(C)C(=O)O. The smallest absolute Gasteiger partial charge is 0.407 e. The van der Waals surface area contributed by atoms with E-state index in [1.165, 1.54) is 15.6 Å². The lowest BCUT2D eigenvalue weighted by Crippen LogP contribution is -2.46. The number of hydrogen-bond acceptors (Lipinski definition) is 11. The van der Waals surface area contributed by atoms with Crippen LogP contribution in [0.25, 0.3) is 5.65 Å². The average molecular weight is 606 g/mol. The number of nitrogens with one attached hydrogen (secondary N) is 2. The summed E-state index contributed by atoms with van der Waals surface area (Å²) in [5, 5.41) is 40.3. The van der Waals surface area contributed by atoms with Crippen LogP contribution in [0.5, 0.6) is 0 Å². The topological polar surface area (TPSA) is 171 Å². The lowest BCUT2D eigenvalue weighted by atomic mass is 10.0. The first-order valence-corrected chi connectivity index (χ1v) is 14.6. The van der Waals surface area contributed by atoms with Crippen molar-refractivity contribution in [3.05, 3.63) is 34.6 Å². The number of aromatic nitrogens is 4. The Morgan fingerprint density at radius 1 is 1.19 bits per heavy atom. The molecule has 2 aromatic heterocycles. The van der Waals surface area contributed by atoms with Crippen LogP contribution in [0.2, 0.25) is 5.02 Å². The van der Waals surface area contributed by atoms with Crippen LogP contribution in [-0.2, 0) is 4.74 Å². The van der Waals surface area contributed by atoms with E-state index in [0.29, 0.717) is 60.0 Å². The van der Waals surface area contributed by atoms with Crippen molar-refractivity contribution in [1.29, 1.82) is 10.5 Å². The van der Waals surface area contributed by atoms with Gasteiger partial charge in [-0.25, -0.2) is 9.78 Å². The second-order valence-corrected chi connectivity index (χ2v) is 11.6. The molecule has 1 aliphatic carbocycles. The minimum Gasteiger partial charge on any atom is -0.465 e. The van der Waals surface area contributed by atoms with Crippen molar-refractivity contribution >= 4 is 46.5 Å². The van der Waals surface area contributed by atoms with Gasteiger partial charge in [0, 0.05) is 52.4 Å². The fourth-order valence-corrected chi connectivity index (χ4v) is 6.22. The molecule has 0 bridgehead atoms. The molecule has 0 spiro atoms. The monoisotopic (exact) mass is 605 g/mol. The highest BCUT2D eigenvalue weighted by molar-refractivity contribution is 6.36. The maximum atomic E-state index is 11.6. The van der Waals surface area contributed by atoms with Gasteiger partial charge in [0.05, 0.1) is 46.4 Å². The largest absolute Gasteiger partial charge is 0.465 e. The summed E-state index contributed by atoms with van der Waals surface area (Å²) < 4.78 is 7.07. The van der Waals surface area contributed by atoms with E-state index in [1.54, 1.807) is 26.3 Å². The molecule has 4 heterocycles. The number of hydrogen-bond donors (Lipinski definition) is 3. The van der Waals surface area contributed by atoms with Crippen molar-refractivity contribution in [3.8, 4) is 12.1 Å². The summed E-state index contributed by atoms with van der Waals surface area (Å²) in [5.74, 6) is 0.736. The van der Waals surface area contributed by atoms with Crippen molar-refractivity contribution in [2.45, 2.75) is 49.9 Å². The number of anilines is 4. The molecule has 2 atom stereocenters. The number of amides is 1. The molecule has 43 heavy (non-hydrogen) atoms. The molecule has 3 aliphatic rings. The summed E-state index contributed by atoms with van der Waals surface area (Å²) >= 11 is 6.95. The maximum absolute atomic E-state index is 11.6. The van der Waals surface area contributed by atoms with Crippen LogP contribution in [0.15, 0.2) is 18.3 Å². The molecular weight excluding hydrogens is 574 g/mol. The van der Waals surface area contributed by atoms with Crippen LogP contribution in [0.4, 0.5) is 27.9 Å². The number of imidazole rings is 1. The molecule has 3 N–H and O–H groups in total. The van der Waals surface area contributed by atoms with Gasteiger partial charge in [0.1, 0.15) is 6.07 Å². The van der Waals surface area contributed by atoms with E-state index >= 15 is 0 Å². The number of ether oxygens (including phenoxy) is 1. The van der Waals surface area contributed by atoms with Gasteiger partial charge >= 0.3 is 6.09 Å². The number of carboxylic acid groups (broad SMARTS) is 1. The molecule has 1 saturated carbocycles. The van der Waals surface area contributed by atoms with Crippen LogP contribution in [-0.4, -0.2) is 105 Å². The summed E-state index contributed by atoms with van der Waals surface area (Å²) in [6, 6.07) is 8.14. The third-order valence-electron chi connectivity index (χ3n) is 8.51. The number of likely N-dealkylation sites (N-methyl/N-ethyl adjacent to an activating group) is 1. The summed E-state index contributed by atoms with van der Waals surface area (Å²) in [6.45, 7) is 2.72. The van der Waals surface area contributed by atoms with E-state index in [-0.39, 0.29) is 29.8 Å². The number of benzene rings is 1. The average Bonchev–Trinajstić information content (AvgIpc) is 3.56. The molecule has 1 amide bonds. The van der Waals surface area contributed by atoms with Gasteiger partial charge in [-0.05, 0) is 37.8 Å². The Morgan fingerprint density at radius 2 is 1.95 bits per heavy atom. The van der Waals surface area contributed by atoms with Gasteiger partial charge in [-0.2, -0.15) is 20.0 Å². The van der Waals surface area contributed by atoms with Gasteiger partial charge in [0.25, 0.3) is 0 Å². The molecule has 6 rings (SSSR count). The van der Waals surface area contributed by atoms with E-state index in [0.717, 1.165) is 31.4 Å². The molecule has 3 fully saturated rings. The number of carbonyl (C=O) groups is 1. The van der Waals surface area contributed by atoms with Crippen molar-refractivity contribution < 1.29 is 14.6 Å². The van der Waals surface area contributed by atoms with Gasteiger partial charge in [-0.3, -0.25) is 4.90 Å². The number of fused-ring (bicyclic) bond motifs is 1. The zero-order valence-electron chi connectivity index (χ0n) is 23.9. The lowest BCUT2D eigenvalue weighted by molar-refractivity contribution is 0.0512. The van der Waals surface area contributed by atoms with Crippen LogP contribution in [0.3, 0.4) is 0 Å². The van der Waals surface area contributed by atoms with Gasteiger partial charge in [0.2, 0.25) is 5.95 Å². The molecule has 2 aliphatic heterocycles. The summed E-state index contributed by atoms with van der Waals surface area (Å²) in [4.78, 5) is 26.3. The van der Waals surface area contributed by atoms with Crippen LogP contribution in [0.1, 0.15) is 36.9 Å². The number of methoxy groups -OCH3 is 1. The number of rotatable bonds is 8. The van der Waals surface area contributed by atoms with Gasteiger partial charge < -0.3 is 30.3 Å². The minimum absolute atomic E-state index is 0.178. The fourth-order valence-electron chi connectivity index (χ4n) is 5.94. The Morgan fingerprint density at radius 3 is 2.60 bits per heavy atom. The van der Waals surface area contributed by atoms with Crippen molar-refractivity contribution in [2.75, 3.05) is 55.9 Å². The Hall–Kier alpha value is -4.37. The minimum atomic E-state index is -0.962. The van der Waals surface area contributed by atoms with Crippen molar-refractivity contribution in [2.24, 2.45) is 0 Å². The Bertz CT molecular complexity index is 1620. The van der Waals surface area contributed by atoms with Gasteiger partial charge in [-0.15, -0.1) is 5.10 Å². The van der Waals surface area contributed by atoms with Crippen molar-refractivity contribution in [1.82, 2.24) is 29.4 Å². The Balaban J connectivity index is 1.21. The standard InChI is InChI=1S/C28H32ClN11O3/c1-37(28(41)42)22-14-39(15-23(22)43-2)18-5-7-38(8-6-18)21-10-16(11-30)9-20(24(21)29)34-27-35-25(33-17-3-4-17)26-32-13-19(12-31)40(26)36-27/h9-10,13,17-18,22-23H,3-8,14-15H2,1-2H3,(H,41,42)(H2,33,34,35,36)/t22-,23+/m0/s1.